The highest BCUT2D eigenvalue weighted by Gasteiger charge is 1.84. The molecular formula is H2N9O2+. The van der Waals surface area contributed by atoms with E-state index in [9.17, 15) is 10.1 Å². The van der Waals surface area contributed by atoms with Gasteiger partial charge >= 0.3 is 0 Å². The second-order valence-corrected chi connectivity index (χ2v) is 0.890. The summed E-state index contributed by atoms with van der Waals surface area (Å²) >= 11 is 0. The molecule has 0 aromatic heterocycles. The number of nitrogens with zero attached hydrogens (tertiary/aromatic N) is 8. The van der Waals surface area contributed by atoms with Crippen LogP contribution in [-0.2, 0) is 0 Å². The van der Waals surface area contributed by atoms with Gasteiger partial charge in [0.1, 0.15) is 10.4 Å². The summed E-state index contributed by atoms with van der Waals surface area (Å²) in [6.07, 6.45) is 0. The van der Waals surface area contributed by atoms with Crippen molar-refractivity contribution in [3.8, 4) is 0 Å². The van der Waals surface area contributed by atoms with Crippen LogP contribution in [0.15, 0.2) is 36.6 Å². The van der Waals surface area contributed by atoms with Crippen LogP contribution >= 0.6 is 0 Å². The normalized spacial score (nSPS) is 11.6. The van der Waals surface area contributed by atoms with Crippen molar-refractivity contribution in [2.75, 3.05) is 0 Å². The van der Waals surface area contributed by atoms with E-state index in [1.165, 1.54) is 0 Å². The zero-order chi connectivity index (χ0) is 8.53. The Morgan fingerprint density at radius 3 is 2.18 bits per heavy atom. The zero-order valence-corrected chi connectivity index (χ0v) is 4.97. The molecule has 0 bridgehead atoms. The van der Waals surface area contributed by atoms with E-state index in [-0.39, 0.29) is 0 Å². The van der Waals surface area contributed by atoms with Crippen LogP contribution in [-0.4, -0.2) is 5.03 Å². The molecule has 0 aromatic rings. The summed E-state index contributed by atoms with van der Waals surface area (Å²) in [5.41, 5.74) is 4.49. The monoisotopic (exact) mass is 160 g/mol. The molecular weight excluding hydrogens is 158 g/mol. The molecule has 0 aliphatic heterocycles. The first-order valence-corrected chi connectivity index (χ1v) is 2.02. The fourth-order valence-electron chi connectivity index (χ4n) is 0.127. The van der Waals surface area contributed by atoms with E-state index in [1.54, 1.807) is 0 Å². The molecule has 0 atom stereocenters. The van der Waals surface area contributed by atoms with Crippen LogP contribution < -0.4 is 5.53 Å². The Labute approximate surface area is 58.5 Å². The Balaban J connectivity index is 3.68. The molecule has 11 heteroatoms. The molecule has 0 fully saturated rings. The lowest BCUT2D eigenvalue weighted by Crippen LogP contribution is -2.21. The molecule has 0 aromatic carbocycles. The fraction of sp³-hybridized carbons (Fsp3) is 0. The molecule has 0 rings (SSSR count). The molecule has 0 radical (unpaired) electrons. The topological polar surface area (TPSA) is 155 Å². The zero-order valence-electron chi connectivity index (χ0n) is 4.97. The average molecular weight is 160 g/mol. The van der Waals surface area contributed by atoms with Gasteiger partial charge in [-0.2, -0.15) is 5.53 Å². The van der Waals surface area contributed by atoms with E-state index in [4.69, 9.17) is 0 Å². The van der Waals surface area contributed by atoms with Gasteiger partial charge in [-0.1, -0.05) is 0 Å². The predicted molar refractivity (Wildman–Crippen MR) is 25.9 cm³/mol. The molecule has 0 saturated heterocycles. The smallest absolute Gasteiger partial charge is 0.230 e. The van der Waals surface area contributed by atoms with E-state index in [0.29, 0.717) is 0 Å². The highest BCUT2D eigenvalue weighted by Crippen LogP contribution is 1.82. The van der Waals surface area contributed by atoms with Gasteiger partial charge in [0, 0.05) is 5.22 Å². The first-order valence-electron chi connectivity index (χ1n) is 2.02. The Morgan fingerprint density at radius 2 is 1.64 bits per heavy atom. The average Bonchev–Trinajstić information content (AvgIpc) is 1.96. The van der Waals surface area contributed by atoms with Crippen LogP contribution in [0, 0.1) is 10.1 Å². The Morgan fingerprint density at radius 1 is 1.09 bits per heavy atom. The largest absolute Gasteiger partial charge is 0.337 e. The van der Waals surface area contributed by atoms with E-state index < -0.39 is 5.03 Å². The minimum absolute atomic E-state index is 1.05. The summed E-state index contributed by atoms with van der Waals surface area (Å²) in [6, 6.07) is 0. The van der Waals surface area contributed by atoms with E-state index in [1.807, 2.05) is 0 Å². The van der Waals surface area contributed by atoms with Gasteiger partial charge < -0.3 is 10.1 Å². The third-order valence-corrected chi connectivity index (χ3v) is 0.325. The van der Waals surface area contributed by atoms with Crippen LogP contribution in [0.3, 0.4) is 0 Å². The summed E-state index contributed by atoms with van der Waals surface area (Å²) in [7, 11) is 0. The van der Waals surface area contributed by atoms with Gasteiger partial charge in [-0.25, -0.2) is 0 Å². The van der Waals surface area contributed by atoms with Crippen molar-refractivity contribution in [2.45, 2.75) is 0 Å². The van der Waals surface area contributed by atoms with E-state index in [0.717, 1.165) is 0 Å². The molecule has 0 unspecified atom stereocenters. The number of hydrogen-bond donors (Lipinski definition) is 1. The first kappa shape index (κ1) is 8.80. The molecule has 0 heterocycles. The molecule has 11 heavy (non-hydrogen) atoms. The predicted octanol–water partition coefficient (Wildman–Crippen LogP) is -0.509. The highest BCUT2D eigenvalue weighted by atomic mass is 16.7. The van der Waals surface area contributed by atoms with Gasteiger partial charge in [-0.3, -0.25) is 0 Å². The van der Waals surface area contributed by atoms with Crippen molar-refractivity contribution in [3.63, 3.8) is 0 Å². The molecule has 0 aliphatic carbocycles. The van der Waals surface area contributed by atoms with Crippen molar-refractivity contribution in [3.05, 3.63) is 10.1 Å². The number of rotatable bonds is 4. The first-order chi connectivity index (χ1) is 5.27. The molecule has 0 saturated carbocycles. The second-order valence-electron chi connectivity index (χ2n) is 0.890. The van der Waals surface area contributed by atoms with Crippen LogP contribution in [0.5, 0.6) is 0 Å². The van der Waals surface area contributed by atoms with Gasteiger partial charge in [-0.05, 0) is 0 Å². The summed E-state index contributed by atoms with van der Waals surface area (Å²) < 4.78 is 0. The Kier molecular flexibility index (Phi) is 4.74. The number of nitro groups is 1. The molecule has 0 amide bonds. The summed E-state index contributed by atoms with van der Waals surface area (Å²) in [5, 5.41) is 27.1. The van der Waals surface area contributed by atoms with Crippen LogP contribution in [0.4, 0.5) is 0 Å². The molecule has 11 nitrogen and oxygen atoms in total. The quantitative estimate of drug-likeness (QED) is 0.334. The van der Waals surface area contributed by atoms with Gasteiger partial charge in [-0.15, -0.1) is 0 Å². The molecule has 0 spiro atoms. The number of nitrogens with two attached hydrogens (primary N) is 1. The third-order valence-electron chi connectivity index (χ3n) is 0.325. The fourth-order valence-corrected chi connectivity index (χ4v) is 0.127. The number of hydrogen-bond acceptors (Lipinski definition) is 2. The second kappa shape index (κ2) is 5.93. The van der Waals surface area contributed by atoms with Crippen molar-refractivity contribution in [1.29, 1.82) is 0 Å². The Bertz CT molecular complexity index is 210. The maximum Gasteiger partial charge on any atom is 0.230 e. The van der Waals surface area contributed by atoms with Crippen molar-refractivity contribution in [1.82, 2.24) is 0 Å². The highest BCUT2D eigenvalue weighted by molar-refractivity contribution is 4.05. The molecule has 58 valence electrons. The SMILES string of the molecule is [NH2+]=NN=NN=NN=N[N+](=O)[O-]. The van der Waals surface area contributed by atoms with E-state index >= 15 is 0 Å². The van der Waals surface area contributed by atoms with Crippen molar-refractivity contribution >= 4 is 0 Å². The maximum atomic E-state index is 9.44. The minimum atomic E-state index is -1.05. The minimum Gasteiger partial charge on any atom is -0.337 e. The van der Waals surface area contributed by atoms with Crippen LogP contribution in [0.1, 0.15) is 0 Å². The lowest BCUT2D eigenvalue weighted by atomic mass is 12.4. The maximum absolute atomic E-state index is 9.44. The van der Waals surface area contributed by atoms with Crippen LogP contribution in [0.2, 0.25) is 0 Å². The van der Waals surface area contributed by atoms with Crippen LogP contribution in [0.25, 0.3) is 0 Å². The lowest BCUT2D eigenvalue weighted by molar-refractivity contribution is -0.494. The van der Waals surface area contributed by atoms with Crippen molar-refractivity contribution in [2.24, 2.45) is 36.6 Å². The molecule has 2 N–H and O–H groups in total. The summed E-state index contributed by atoms with van der Waals surface area (Å²) in [4.78, 5) is 9.44. The summed E-state index contributed by atoms with van der Waals surface area (Å²) in [5.74, 6) is 0. The lowest BCUT2D eigenvalue weighted by Gasteiger charge is -1.69. The van der Waals surface area contributed by atoms with Gasteiger partial charge in [0.2, 0.25) is 15.7 Å². The van der Waals surface area contributed by atoms with E-state index in [2.05, 4.69) is 42.1 Å². The third kappa shape index (κ3) is 7.80. The molecule has 0 aliphatic rings. The van der Waals surface area contributed by atoms with Gasteiger partial charge in [0.15, 0.2) is 5.22 Å². The summed E-state index contributed by atoms with van der Waals surface area (Å²) in [6.45, 7) is 0. The Hall–Kier alpha value is -2.20. The van der Waals surface area contributed by atoms with Gasteiger partial charge in [0.05, 0.1) is 5.03 Å². The van der Waals surface area contributed by atoms with Crippen molar-refractivity contribution < 1.29 is 10.6 Å². The standard InChI is InChI=1S/HN9O2/c1-2-3-4-5-6-7-8-9(10)11/h1H/p+1. The van der Waals surface area contributed by atoms with Gasteiger partial charge in [0.25, 0.3) is 0 Å².